The summed E-state index contributed by atoms with van der Waals surface area (Å²) in [6.07, 6.45) is 0.0970. The van der Waals surface area contributed by atoms with Crippen molar-refractivity contribution >= 4 is 39.1 Å². The molecule has 1 aromatic heterocycles. The van der Waals surface area contributed by atoms with Crippen molar-refractivity contribution in [3.05, 3.63) is 58.9 Å². The Morgan fingerprint density at radius 1 is 1.19 bits per heavy atom. The molecule has 0 radical (unpaired) electrons. The van der Waals surface area contributed by atoms with Gasteiger partial charge < -0.3 is 10.2 Å². The van der Waals surface area contributed by atoms with Crippen molar-refractivity contribution in [1.82, 2.24) is 14.8 Å². The maximum atomic E-state index is 13.6. The molecule has 6 nitrogen and oxygen atoms in total. The molecule has 5 rings (SSSR count). The van der Waals surface area contributed by atoms with Crippen molar-refractivity contribution in [3.63, 3.8) is 0 Å². The summed E-state index contributed by atoms with van der Waals surface area (Å²) in [4.78, 5) is 34.3. The number of carbonyl (C=O) groups is 2. The van der Waals surface area contributed by atoms with Gasteiger partial charge in [-0.1, -0.05) is 18.2 Å². The minimum Gasteiger partial charge on any atom is -0.340 e. The quantitative estimate of drug-likeness (QED) is 0.676. The molecule has 2 aromatic carbocycles. The van der Waals surface area contributed by atoms with E-state index < -0.39 is 11.7 Å². The fraction of sp³-hybridized carbons (Fsp3) is 0.348. The van der Waals surface area contributed by atoms with Crippen molar-refractivity contribution < 1.29 is 14.0 Å². The molecule has 2 aliphatic rings. The van der Waals surface area contributed by atoms with Crippen LogP contribution in [-0.4, -0.2) is 52.8 Å². The van der Waals surface area contributed by atoms with Gasteiger partial charge in [-0.05, 0) is 36.8 Å². The summed E-state index contributed by atoms with van der Waals surface area (Å²) >= 11 is 1.71. The van der Waals surface area contributed by atoms with Crippen LogP contribution >= 0.6 is 11.3 Å². The number of para-hydroxylation sites is 1. The summed E-state index contributed by atoms with van der Waals surface area (Å²) in [6, 6.07) is 12.6. The summed E-state index contributed by atoms with van der Waals surface area (Å²) in [6.45, 7) is 4.85. The number of thiazole rings is 1. The van der Waals surface area contributed by atoms with Crippen molar-refractivity contribution in [2.24, 2.45) is 0 Å². The number of carbonyl (C=O) groups excluding carboxylic acids is 2. The number of piperazine rings is 1. The summed E-state index contributed by atoms with van der Waals surface area (Å²) in [5.41, 5.74) is 2.11. The highest BCUT2D eigenvalue weighted by molar-refractivity contribution is 7.18. The molecular formula is C23H23FN4O2S. The summed E-state index contributed by atoms with van der Waals surface area (Å²) in [5.74, 6) is -1.29. The lowest BCUT2D eigenvalue weighted by atomic mass is 9.89. The Labute approximate surface area is 183 Å². The molecule has 2 amide bonds. The normalized spacial score (nSPS) is 20.4. The van der Waals surface area contributed by atoms with Gasteiger partial charge in [-0.3, -0.25) is 14.5 Å². The second-order valence-electron chi connectivity index (χ2n) is 8.09. The molecule has 1 N–H and O–H groups in total. The van der Waals surface area contributed by atoms with Crippen LogP contribution < -0.4 is 5.32 Å². The molecule has 0 saturated carbocycles. The smallest absolute Gasteiger partial charge is 0.230 e. The number of benzene rings is 2. The first-order valence-electron chi connectivity index (χ1n) is 10.5. The van der Waals surface area contributed by atoms with Gasteiger partial charge in [0.05, 0.1) is 22.2 Å². The molecule has 1 saturated heterocycles. The number of aromatic nitrogens is 1. The number of hydrogen-bond donors (Lipinski definition) is 1. The highest BCUT2D eigenvalue weighted by atomic mass is 32.1. The SMILES string of the molecule is C[C@@H](c1nc2ccccc2s1)N1CCN(C(=O)[C@H]2CC(=O)Nc3cc(F)ccc32)CC1. The van der Waals surface area contributed by atoms with Crippen LogP contribution in [0.2, 0.25) is 0 Å². The maximum absolute atomic E-state index is 13.6. The number of nitrogens with zero attached hydrogens (tertiary/aromatic N) is 3. The fourth-order valence-electron chi connectivity index (χ4n) is 4.43. The third-order valence-electron chi connectivity index (χ3n) is 6.19. The zero-order valence-corrected chi connectivity index (χ0v) is 18.0. The molecule has 160 valence electrons. The monoisotopic (exact) mass is 438 g/mol. The average Bonchev–Trinajstić information content (AvgIpc) is 3.21. The second-order valence-corrected chi connectivity index (χ2v) is 9.16. The van der Waals surface area contributed by atoms with Gasteiger partial charge in [0.25, 0.3) is 0 Å². The first kappa shape index (κ1) is 20.1. The molecule has 1 fully saturated rings. The first-order valence-corrected chi connectivity index (χ1v) is 11.3. The van der Waals surface area contributed by atoms with Crippen molar-refractivity contribution in [2.45, 2.75) is 25.3 Å². The number of fused-ring (bicyclic) bond motifs is 2. The predicted octanol–water partition coefficient (Wildman–Crippen LogP) is 3.77. The van der Waals surface area contributed by atoms with E-state index in [0.717, 1.165) is 23.6 Å². The summed E-state index contributed by atoms with van der Waals surface area (Å²) < 4.78 is 14.8. The summed E-state index contributed by atoms with van der Waals surface area (Å²) in [5, 5.41) is 3.76. The fourth-order valence-corrected chi connectivity index (χ4v) is 5.49. The number of amides is 2. The second kappa shape index (κ2) is 8.01. The van der Waals surface area contributed by atoms with E-state index in [0.29, 0.717) is 24.3 Å². The minimum absolute atomic E-state index is 0.0602. The maximum Gasteiger partial charge on any atom is 0.230 e. The number of hydrogen-bond acceptors (Lipinski definition) is 5. The number of anilines is 1. The van der Waals surface area contributed by atoms with Crippen LogP contribution in [0.4, 0.5) is 10.1 Å². The van der Waals surface area contributed by atoms with Crippen molar-refractivity contribution in [1.29, 1.82) is 0 Å². The van der Waals surface area contributed by atoms with E-state index in [1.807, 2.05) is 23.1 Å². The lowest BCUT2D eigenvalue weighted by Crippen LogP contribution is -2.51. The highest BCUT2D eigenvalue weighted by Gasteiger charge is 2.35. The zero-order valence-electron chi connectivity index (χ0n) is 17.2. The Hall–Kier alpha value is -2.84. The first-order chi connectivity index (χ1) is 15.0. The Morgan fingerprint density at radius 3 is 2.74 bits per heavy atom. The van der Waals surface area contributed by atoms with Gasteiger partial charge in [0.1, 0.15) is 10.8 Å². The molecule has 3 heterocycles. The van der Waals surface area contributed by atoms with Crippen LogP contribution in [0, 0.1) is 5.82 Å². The van der Waals surface area contributed by atoms with Crippen LogP contribution in [0.25, 0.3) is 10.2 Å². The molecule has 0 bridgehead atoms. The van der Waals surface area contributed by atoms with Gasteiger partial charge in [-0.2, -0.15) is 0 Å². The third-order valence-corrected chi connectivity index (χ3v) is 7.40. The van der Waals surface area contributed by atoms with Crippen LogP contribution in [0.3, 0.4) is 0 Å². The van der Waals surface area contributed by atoms with E-state index in [9.17, 15) is 14.0 Å². The van der Waals surface area contributed by atoms with Crippen molar-refractivity contribution in [3.8, 4) is 0 Å². The zero-order chi connectivity index (χ0) is 21.5. The van der Waals surface area contributed by atoms with Crippen LogP contribution in [0.15, 0.2) is 42.5 Å². The minimum atomic E-state index is -0.558. The molecule has 2 aliphatic heterocycles. The average molecular weight is 439 g/mol. The number of nitrogens with one attached hydrogen (secondary N) is 1. The Kier molecular flexibility index (Phi) is 5.19. The standard InChI is InChI=1S/C23H23FN4O2S/c1-14(22-26-18-4-2-3-5-20(18)31-22)27-8-10-28(11-9-27)23(30)17-13-21(29)25-19-12-15(24)6-7-16(17)19/h2-7,12,14,17H,8-11,13H2,1H3,(H,25,29)/t14-,17-/m0/s1. The van der Waals surface area contributed by atoms with Gasteiger partial charge in [0.2, 0.25) is 11.8 Å². The van der Waals surface area contributed by atoms with E-state index in [-0.39, 0.29) is 24.3 Å². The third kappa shape index (κ3) is 3.81. The van der Waals surface area contributed by atoms with Gasteiger partial charge in [-0.15, -0.1) is 11.3 Å². The molecular weight excluding hydrogens is 415 g/mol. The van der Waals surface area contributed by atoms with Crippen LogP contribution in [0.1, 0.15) is 35.9 Å². The lowest BCUT2D eigenvalue weighted by molar-refractivity contribution is -0.136. The van der Waals surface area contributed by atoms with E-state index >= 15 is 0 Å². The molecule has 31 heavy (non-hydrogen) atoms. The predicted molar refractivity (Wildman–Crippen MR) is 119 cm³/mol. The molecule has 0 aliphatic carbocycles. The Bertz CT molecular complexity index is 1120. The van der Waals surface area contributed by atoms with Crippen LogP contribution in [-0.2, 0) is 9.59 Å². The van der Waals surface area contributed by atoms with Crippen molar-refractivity contribution in [2.75, 3.05) is 31.5 Å². The van der Waals surface area contributed by atoms with Crippen LogP contribution in [0.5, 0.6) is 0 Å². The van der Waals surface area contributed by atoms with E-state index in [1.54, 1.807) is 17.4 Å². The topological polar surface area (TPSA) is 65.5 Å². The van der Waals surface area contributed by atoms with E-state index in [1.165, 1.54) is 16.8 Å². The Morgan fingerprint density at radius 2 is 1.97 bits per heavy atom. The molecule has 0 spiro atoms. The lowest BCUT2D eigenvalue weighted by Gasteiger charge is -2.39. The number of rotatable bonds is 3. The largest absolute Gasteiger partial charge is 0.340 e. The van der Waals surface area contributed by atoms with Gasteiger partial charge >= 0.3 is 0 Å². The van der Waals surface area contributed by atoms with Gasteiger partial charge in [0.15, 0.2) is 0 Å². The summed E-state index contributed by atoms with van der Waals surface area (Å²) in [7, 11) is 0. The Balaban J connectivity index is 1.27. The number of halogens is 1. The van der Waals surface area contributed by atoms with Gasteiger partial charge in [0, 0.05) is 38.3 Å². The molecule has 8 heteroatoms. The molecule has 3 aromatic rings. The van der Waals surface area contributed by atoms with E-state index in [4.69, 9.17) is 4.98 Å². The molecule has 2 atom stereocenters. The van der Waals surface area contributed by atoms with E-state index in [2.05, 4.69) is 23.2 Å². The highest BCUT2D eigenvalue weighted by Crippen LogP contribution is 2.35. The van der Waals surface area contributed by atoms with Gasteiger partial charge in [-0.25, -0.2) is 9.37 Å². The molecule has 0 unspecified atom stereocenters.